The lowest BCUT2D eigenvalue weighted by Gasteiger charge is -2.35. The van der Waals surface area contributed by atoms with E-state index in [0.717, 1.165) is 6.04 Å². The van der Waals surface area contributed by atoms with Gasteiger partial charge in [-0.15, -0.1) is 0 Å². The van der Waals surface area contributed by atoms with Crippen LogP contribution in [0.1, 0.15) is 25.7 Å². The van der Waals surface area contributed by atoms with Crippen LogP contribution in [0.25, 0.3) is 0 Å². The number of likely N-dealkylation sites (tertiary alicyclic amines) is 1. The Bertz CT molecular complexity index is 170. The van der Waals surface area contributed by atoms with Crippen LogP contribution >= 0.6 is 0 Å². The molecular formula is C11H22N2O. The van der Waals surface area contributed by atoms with Crippen molar-refractivity contribution in [3.05, 3.63) is 0 Å². The summed E-state index contributed by atoms with van der Waals surface area (Å²) in [6, 6.07) is 0.904. The molecular weight excluding hydrogens is 176 g/mol. The third-order valence-corrected chi connectivity index (χ3v) is 3.84. The Morgan fingerprint density at radius 3 is 2.29 bits per heavy atom. The van der Waals surface area contributed by atoms with E-state index in [1.54, 1.807) is 0 Å². The van der Waals surface area contributed by atoms with Gasteiger partial charge in [0.2, 0.25) is 0 Å². The first-order chi connectivity index (χ1) is 6.85. The Balaban J connectivity index is 1.76. The smallest absolute Gasteiger partial charge is 0.0474 e. The number of rotatable bonds is 4. The quantitative estimate of drug-likeness (QED) is 0.688. The molecule has 0 aromatic heterocycles. The highest BCUT2D eigenvalue weighted by Crippen LogP contribution is 2.32. The van der Waals surface area contributed by atoms with E-state index in [2.05, 4.69) is 4.90 Å². The average molecular weight is 198 g/mol. The molecule has 1 aliphatic heterocycles. The first-order valence-corrected chi connectivity index (χ1v) is 5.90. The molecule has 0 bridgehead atoms. The summed E-state index contributed by atoms with van der Waals surface area (Å²) in [5.74, 6) is 1.01. The van der Waals surface area contributed by atoms with Gasteiger partial charge in [-0.25, -0.2) is 0 Å². The summed E-state index contributed by atoms with van der Waals surface area (Å²) in [6.07, 6.45) is 5.29. The van der Waals surface area contributed by atoms with Crippen molar-refractivity contribution in [2.24, 2.45) is 17.6 Å². The zero-order valence-electron chi connectivity index (χ0n) is 8.86. The van der Waals surface area contributed by atoms with Gasteiger partial charge in [0.05, 0.1) is 0 Å². The highest BCUT2D eigenvalue weighted by molar-refractivity contribution is 4.88. The largest absolute Gasteiger partial charge is 0.396 e. The van der Waals surface area contributed by atoms with Crippen LogP contribution in [-0.4, -0.2) is 42.3 Å². The van der Waals surface area contributed by atoms with Crippen LogP contribution in [0.15, 0.2) is 0 Å². The van der Waals surface area contributed by atoms with Crippen LogP contribution in [0, 0.1) is 11.8 Å². The molecule has 0 radical (unpaired) electrons. The van der Waals surface area contributed by atoms with Crippen LogP contribution in [0.4, 0.5) is 0 Å². The van der Waals surface area contributed by atoms with Crippen molar-refractivity contribution in [1.82, 2.24) is 4.90 Å². The maximum Gasteiger partial charge on any atom is 0.0474 e. The van der Waals surface area contributed by atoms with Crippen molar-refractivity contribution >= 4 is 0 Å². The van der Waals surface area contributed by atoms with E-state index in [1.165, 1.54) is 38.8 Å². The predicted molar refractivity (Wildman–Crippen MR) is 56.9 cm³/mol. The molecule has 3 nitrogen and oxygen atoms in total. The van der Waals surface area contributed by atoms with E-state index in [0.29, 0.717) is 18.4 Å². The highest BCUT2D eigenvalue weighted by atomic mass is 16.3. The van der Waals surface area contributed by atoms with Gasteiger partial charge in [0.25, 0.3) is 0 Å². The molecule has 3 N–H and O–H groups in total. The fourth-order valence-corrected chi connectivity index (χ4v) is 2.61. The van der Waals surface area contributed by atoms with Gasteiger partial charge in [-0.1, -0.05) is 0 Å². The monoisotopic (exact) mass is 198 g/mol. The van der Waals surface area contributed by atoms with Gasteiger partial charge < -0.3 is 15.7 Å². The number of nitrogens with two attached hydrogens (primary N) is 1. The fourth-order valence-electron chi connectivity index (χ4n) is 2.61. The molecule has 14 heavy (non-hydrogen) atoms. The molecule has 82 valence electrons. The van der Waals surface area contributed by atoms with Crippen LogP contribution in [0.5, 0.6) is 0 Å². The number of aliphatic hydroxyl groups is 1. The molecule has 0 aromatic rings. The molecule has 1 unspecified atom stereocenters. The van der Waals surface area contributed by atoms with Gasteiger partial charge >= 0.3 is 0 Å². The number of nitrogens with zero attached hydrogens (tertiary/aromatic N) is 1. The maximum atomic E-state index is 9.17. The first kappa shape index (κ1) is 10.4. The zero-order chi connectivity index (χ0) is 9.97. The number of piperidine rings is 1. The van der Waals surface area contributed by atoms with E-state index >= 15 is 0 Å². The third-order valence-electron chi connectivity index (χ3n) is 3.84. The van der Waals surface area contributed by atoms with Gasteiger partial charge in [-0.05, 0) is 57.2 Å². The van der Waals surface area contributed by atoms with Crippen LogP contribution in [0.2, 0.25) is 0 Å². The fraction of sp³-hybridized carbons (Fsp3) is 1.00. The molecule has 1 aliphatic carbocycles. The number of hydrogen-bond acceptors (Lipinski definition) is 3. The third kappa shape index (κ3) is 2.27. The Hall–Kier alpha value is -0.120. The average Bonchev–Trinajstić information content (AvgIpc) is 3.04. The molecule has 3 heteroatoms. The van der Waals surface area contributed by atoms with Gasteiger partial charge in [0.1, 0.15) is 0 Å². The van der Waals surface area contributed by atoms with Crippen molar-refractivity contribution in [2.45, 2.75) is 31.7 Å². The lowest BCUT2D eigenvalue weighted by molar-refractivity contribution is 0.107. The predicted octanol–water partition coefficient (Wildman–Crippen LogP) is 0.428. The molecule has 2 fully saturated rings. The Morgan fingerprint density at radius 1 is 1.21 bits per heavy atom. The van der Waals surface area contributed by atoms with E-state index < -0.39 is 0 Å². The summed E-state index contributed by atoms with van der Waals surface area (Å²) >= 11 is 0. The molecule has 1 saturated carbocycles. The molecule has 1 atom stereocenters. The minimum atomic E-state index is 0.268. The van der Waals surface area contributed by atoms with E-state index in [-0.39, 0.29) is 6.61 Å². The summed E-state index contributed by atoms with van der Waals surface area (Å²) in [4.78, 5) is 2.61. The zero-order valence-corrected chi connectivity index (χ0v) is 8.86. The Labute approximate surface area is 86.3 Å². The maximum absolute atomic E-state index is 9.17. The summed E-state index contributed by atoms with van der Waals surface area (Å²) in [5.41, 5.74) is 5.65. The lowest BCUT2D eigenvalue weighted by Crippen LogP contribution is -2.39. The minimum absolute atomic E-state index is 0.268. The van der Waals surface area contributed by atoms with Gasteiger partial charge in [0, 0.05) is 12.6 Å². The second kappa shape index (κ2) is 4.60. The molecule has 1 saturated heterocycles. The van der Waals surface area contributed by atoms with Gasteiger partial charge in [-0.2, -0.15) is 0 Å². The van der Waals surface area contributed by atoms with Crippen LogP contribution in [0.3, 0.4) is 0 Å². The number of aliphatic hydroxyl groups excluding tert-OH is 1. The Morgan fingerprint density at radius 2 is 1.86 bits per heavy atom. The van der Waals surface area contributed by atoms with Crippen molar-refractivity contribution in [1.29, 1.82) is 0 Å². The second-order valence-corrected chi connectivity index (χ2v) is 4.78. The highest BCUT2D eigenvalue weighted by Gasteiger charge is 2.33. The molecule has 0 aromatic carbocycles. The van der Waals surface area contributed by atoms with Crippen molar-refractivity contribution in [3.8, 4) is 0 Å². The summed E-state index contributed by atoms with van der Waals surface area (Å²) in [5, 5.41) is 9.17. The normalized spacial score (nSPS) is 27.9. The second-order valence-electron chi connectivity index (χ2n) is 4.78. The SMILES string of the molecule is NCC(CO)C1CCN(C2CC2)CC1. The summed E-state index contributed by atoms with van der Waals surface area (Å²) in [6.45, 7) is 3.37. The van der Waals surface area contributed by atoms with Crippen LogP contribution < -0.4 is 5.73 Å². The van der Waals surface area contributed by atoms with Crippen molar-refractivity contribution in [2.75, 3.05) is 26.2 Å². The van der Waals surface area contributed by atoms with Gasteiger partial charge in [-0.3, -0.25) is 0 Å². The lowest BCUT2D eigenvalue weighted by atomic mass is 9.84. The number of hydrogen-bond donors (Lipinski definition) is 2. The molecule has 1 heterocycles. The van der Waals surface area contributed by atoms with Crippen molar-refractivity contribution < 1.29 is 5.11 Å². The minimum Gasteiger partial charge on any atom is -0.396 e. The Kier molecular flexibility index (Phi) is 3.42. The summed E-state index contributed by atoms with van der Waals surface area (Å²) in [7, 11) is 0. The summed E-state index contributed by atoms with van der Waals surface area (Å²) < 4.78 is 0. The molecule has 0 spiro atoms. The molecule has 2 aliphatic rings. The van der Waals surface area contributed by atoms with E-state index in [9.17, 15) is 5.11 Å². The van der Waals surface area contributed by atoms with E-state index in [4.69, 9.17) is 5.73 Å². The van der Waals surface area contributed by atoms with Crippen LogP contribution in [-0.2, 0) is 0 Å². The first-order valence-electron chi connectivity index (χ1n) is 5.90. The molecule has 2 rings (SSSR count). The topological polar surface area (TPSA) is 49.5 Å². The van der Waals surface area contributed by atoms with E-state index in [1.807, 2.05) is 0 Å². The van der Waals surface area contributed by atoms with Crippen molar-refractivity contribution in [3.63, 3.8) is 0 Å². The molecule has 0 amide bonds. The standard InChI is InChI=1S/C11H22N2O/c12-7-10(8-14)9-3-5-13(6-4-9)11-1-2-11/h9-11,14H,1-8,12H2. The van der Waals surface area contributed by atoms with Gasteiger partial charge in [0.15, 0.2) is 0 Å².